The molecule has 0 radical (unpaired) electrons. The Morgan fingerprint density at radius 2 is 0.770 bits per heavy atom. The fourth-order valence-corrected chi connectivity index (χ4v) is 8.81. The Morgan fingerprint density at radius 3 is 1.23 bits per heavy atom. The van der Waals surface area contributed by atoms with Gasteiger partial charge in [-0.25, -0.2) is 0 Å². The van der Waals surface area contributed by atoms with Crippen LogP contribution >= 0.6 is 0 Å². The van der Waals surface area contributed by atoms with Crippen molar-refractivity contribution in [2.24, 2.45) is 0 Å². The molecule has 0 unspecified atom stereocenters. The van der Waals surface area contributed by atoms with Gasteiger partial charge in [0.15, 0.2) is 5.75 Å². The van der Waals surface area contributed by atoms with Crippen LogP contribution in [0.4, 0.5) is 13.2 Å². The highest BCUT2D eigenvalue weighted by Crippen LogP contribution is 2.48. The van der Waals surface area contributed by atoms with Gasteiger partial charge in [-0.05, 0) is 71.8 Å². The molecule has 8 nitrogen and oxygen atoms in total. The number of phenols is 1. The standard InChI is InChI=1S/C25H13F3O5S.C24H14O3/c26-25(27,28)34(29,30)33-21-13-12-20-23(15-7-2-4-10-18(15)32-20)24(21)16-8-5-11-19-22(16)14-6-1-3-9-17(14)31-19;25-17-12-13-21-24(15-7-2-4-10-19(15)27-21)23(17)16-8-5-11-20-22(16)14-6-1-3-9-18(14)26-20/h1-13H;1-13,25H. The Hall–Kier alpha value is -7.70. The molecule has 298 valence electrons. The molecule has 0 aliphatic rings. The van der Waals surface area contributed by atoms with E-state index in [2.05, 4.69) is 6.07 Å². The molecule has 0 saturated carbocycles. The van der Waals surface area contributed by atoms with Gasteiger partial charge in [0, 0.05) is 54.2 Å². The van der Waals surface area contributed by atoms with Crippen molar-refractivity contribution in [1.82, 2.24) is 0 Å². The lowest BCUT2D eigenvalue weighted by molar-refractivity contribution is -0.0499. The second-order valence-electron chi connectivity index (χ2n) is 14.4. The lowest BCUT2D eigenvalue weighted by atomic mass is 9.94. The van der Waals surface area contributed by atoms with Crippen LogP contribution in [0.25, 0.3) is 110 Å². The van der Waals surface area contributed by atoms with Gasteiger partial charge in [0.1, 0.15) is 50.4 Å². The van der Waals surface area contributed by atoms with E-state index in [-0.39, 0.29) is 11.3 Å². The van der Waals surface area contributed by atoms with Gasteiger partial charge >= 0.3 is 15.6 Å². The Balaban J connectivity index is 0.000000141. The molecule has 4 aromatic heterocycles. The number of aromatic hydroxyl groups is 1. The smallest absolute Gasteiger partial charge is 0.507 e. The zero-order valence-corrected chi connectivity index (χ0v) is 32.2. The molecule has 61 heavy (non-hydrogen) atoms. The summed E-state index contributed by atoms with van der Waals surface area (Å²) < 4.78 is 92.2. The zero-order valence-electron chi connectivity index (χ0n) is 31.4. The van der Waals surface area contributed by atoms with Crippen LogP contribution in [0.15, 0.2) is 175 Å². The molecular formula is C49H27F3O8S. The minimum atomic E-state index is -5.92. The summed E-state index contributed by atoms with van der Waals surface area (Å²) in [6, 6.07) is 47.2. The molecule has 0 bridgehead atoms. The van der Waals surface area contributed by atoms with Gasteiger partial charge in [-0.1, -0.05) is 97.1 Å². The van der Waals surface area contributed by atoms with Crippen LogP contribution in [0.2, 0.25) is 0 Å². The molecule has 4 heterocycles. The molecule has 0 saturated heterocycles. The fraction of sp³-hybridized carbons (Fsp3) is 0.0204. The first-order chi connectivity index (χ1) is 29.6. The molecule has 12 heteroatoms. The van der Waals surface area contributed by atoms with Crippen LogP contribution in [0.1, 0.15) is 0 Å². The Kier molecular flexibility index (Phi) is 8.00. The first kappa shape index (κ1) is 36.4. The molecule has 0 atom stereocenters. The van der Waals surface area contributed by atoms with Crippen LogP contribution < -0.4 is 4.18 Å². The number of para-hydroxylation sites is 4. The number of alkyl halides is 3. The molecule has 1 N–H and O–H groups in total. The molecular weight excluding hydrogens is 806 g/mol. The second kappa shape index (κ2) is 13.4. The largest absolute Gasteiger partial charge is 0.534 e. The highest BCUT2D eigenvalue weighted by Gasteiger charge is 2.49. The average molecular weight is 833 g/mol. The SMILES string of the molecule is O=S(=O)(Oc1ccc2oc3ccccc3c2c1-c1cccc2oc3ccccc3c12)C(F)(F)F.Oc1ccc2oc3ccccc3c2c1-c1cccc2oc3ccccc3c12. The molecule has 0 amide bonds. The van der Waals surface area contributed by atoms with Gasteiger partial charge in [0.2, 0.25) is 0 Å². The summed E-state index contributed by atoms with van der Waals surface area (Å²) in [6.07, 6.45) is 0. The number of halogens is 3. The van der Waals surface area contributed by atoms with Crippen molar-refractivity contribution < 1.29 is 48.5 Å². The van der Waals surface area contributed by atoms with E-state index in [0.717, 1.165) is 60.4 Å². The second-order valence-corrected chi connectivity index (χ2v) is 15.9. The van der Waals surface area contributed by atoms with Gasteiger partial charge < -0.3 is 27.0 Å². The maximum absolute atomic E-state index is 13.2. The number of phenolic OH excluding ortho intramolecular Hbond substituents is 1. The molecule has 8 aromatic carbocycles. The van der Waals surface area contributed by atoms with Crippen LogP contribution in [0, 0.1) is 0 Å². The predicted molar refractivity (Wildman–Crippen MR) is 230 cm³/mol. The first-order valence-corrected chi connectivity index (χ1v) is 20.4. The van der Waals surface area contributed by atoms with Crippen molar-refractivity contribution in [3.63, 3.8) is 0 Å². The number of furan rings is 4. The summed E-state index contributed by atoms with van der Waals surface area (Å²) in [4.78, 5) is 0. The van der Waals surface area contributed by atoms with Crippen molar-refractivity contribution in [3.05, 3.63) is 158 Å². The predicted octanol–water partition coefficient (Wildman–Crippen LogP) is 14.2. The topological polar surface area (TPSA) is 116 Å². The van der Waals surface area contributed by atoms with Crippen molar-refractivity contribution in [2.75, 3.05) is 0 Å². The zero-order chi connectivity index (χ0) is 41.6. The lowest BCUT2D eigenvalue weighted by Gasteiger charge is -2.15. The van der Waals surface area contributed by atoms with E-state index < -0.39 is 21.4 Å². The summed E-state index contributed by atoms with van der Waals surface area (Å²) in [5, 5.41) is 17.2. The Bertz CT molecular complexity index is 3830. The van der Waals surface area contributed by atoms with Crippen LogP contribution in [0.5, 0.6) is 11.5 Å². The first-order valence-electron chi connectivity index (χ1n) is 19.0. The van der Waals surface area contributed by atoms with Crippen molar-refractivity contribution >= 4 is 97.9 Å². The Labute approximate surface area is 342 Å². The van der Waals surface area contributed by atoms with E-state index in [4.69, 9.17) is 21.9 Å². The third kappa shape index (κ3) is 5.70. The number of hydrogen-bond donors (Lipinski definition) is 1. The van der Waals surface area contributed by atoms with Crippen LogP contribution in [-0.2, 0) is 10.1 Å². The average Bonchev–Trinajstić information content (AvgIpc) is 4.03. The van der Waals surface area contributed by atoms with E-state index in [9.17, 15) is 26.7 Å². The minimum Gasteiger partial charge on any atom is -0.507 e. The summed E-state index contributed by atoms with van der Waals surface area (Å²) in [5.41, 5.74) is 1.88. The summed E-state index contributed by atoms with van der Waals surface area (Å²) >= 11 is 0. The fourth-order valence-electron chi connectivity index (χ4n) is 8.34. The number of benzene rings is 8. The number of rotatable bonds is 4. The third-order valence-electron chi connectivity index (χ3n) is 10.9. The van der Waals surface area contributed by atoms with Crippen LogP contribution in [-0.4, -0.2) is 19.0 Å². The van der Waals surface area contributed by atoms with E-state index in [0.29, 0.717) is 44.1 Å². The van der Waals surface area contributed by atoms with Gasteiger partial charge in [-0.3, -0.25) is 0 Å². The molecule has 0 aliphatic carbocycles. The minimum absolute atomic E-state index is 0.160. The van der Waals surface area contributed by atoms with Crippen molar-refractivity contribution in [3.8, 4) is 33.8 Å². The summed E-state index contributed by atoms with van der Waals surface area (Å²) in [5.74, 6) is -0.235. The van der Waals surface area contributed by atoms with E-state index >= 15 is 0 Å². The molecule has 0 fully saturated rings. The van der Waals surface area contributed by atoms with Gasteiger partial charge in [0.05, 0.1) is 0 Å². The molecule has 12 aromatic rings. The van der Waals surface area contributed by atoms with Crippen LogP contribution in [0.3, 0.4) is 0 Å². The monoisotopic (exact) mass is 832 g/mol. The van der Waals surface area contributed by atoms with Gasteiger partial charge in [0.25, 0.3) is 0 Å². The van der Waals surface area contributed by atoms with Gasteiger partial charge in [-0.15, -0.1) is 0 Å². The van der Waals surface area contributed by atoms with E-state index in [1.807, 2.05) is 78.9 Å². The quantitative estimate of drug-likeness (QED) is 0.138. The Morgan fingerprint density at radius 1 is 0.410 bits per heavy atom. The van der Waals surface area contributed by atoms with Crippen molar-refractivity contribution in [1.29, 1.82) is 0 Å². The van der Waals surface area contributed by atoms with Crippen molar-refractivity contribution in [2.45, 2.75) is 5.51 Å². The summed E-state index contributed by atoms with van der Waals surface area (Å²) in [6.45, 7) is 0. The summed E-state index contributed by atoms with van der Waals surface area (Å²) in [7, 11) is -5.92. The van der Waals surface area contributed by atoms with E-state index in [1.165, 1.54) is 12.1 Å². The molecule has 0 spiro atoms. The molecule has 0 aliphatic heterocycles. The maximum atomic E-state index is 13.2. The highest BCUT2D eigenvalue weighted by atomic mass is 32.2. The number of hydrogen-bond acceptors (Lipinski definition) is 8. The van der Waals surface area contributed by atoms with Gasteiger partial charge in [-0.2, -0.15) is 21.6 Å². The highest BCUT2D eigenvalue weighted by molar-refractivity contribution is 7.88. The normalized spacial score (nSPS) is 12.4. The lowest BCUT2D eigenvalue weighted by Crippen LogP contribution is -2.28. The molecule has 12 rings (SSSR count). The third-order valence-corrected chi connectivity index (χ3v) is 11.8. The number of fused-ring (bicyclic) bond motifs is 12. The van der Waals surface area contributed by atoms with E-state index in [1.54, 1.807) is 60.7 Å². The maximum Gasteiger partial charge on any atom is 0.534 e.